The molecule has 1 aliphatic heterocycles. The smallest absolute Gasteiger partial charge is 0.154 e. The van der Waals surface area contributed by atoms with E-state index < -0.39 is 0 Å². The summed E-state index contributed by atoms with van der Waals surface area (Å²) in [6.07, 6.45) is 4.06. The highest BCUT2D eigenvalue weighted by molar-refractivity contribution is 6.03. The van der Waals surface area contributed by atoms with Gasteiger partial charge in [0.05, 0.1) is 6.54 Å². The summed E-state index contributed by atoms with van der Waals surface area (Å²) in [6.45, 7) is 0.690. The molecule has 7 aromatic rings. The number of benzene rings is 4. The van der Waals surface area contributed by atoms with Gasteiger partial charge in [-0.25, -0.2) is 4.98 Å². The predicted molar refractivity (Wildman–Crippen MR) is 149 cm³/mol. The normalized spacial score (nSPS) is 12.9. The molecule has 176 valence electrons. The Kier molecular flexibility index (Phi) is 4.22. The van der Waals surface area contributed by atoms with E-state index in [0.29, 0.717) is 6.54 Å². The van der Waals surface area contributed by atoms with E-state index in [1.165, 1.54) is 10.8 Å². The zero-order chi connectivity index (χ0) is 24.3. The van der Waals surface area contributed by atoms with Gasteiger partial charge in [-0.1, -0.05) is 42.5 Å². The lowest BCUT2D eigenvalue weighted by atomic mass is 10.1. The molecule has 8 rings (SSSR count). The van der Waals surface area contributed by atoms with E-state index in [1.807, 2.05) is 36.5 Å². The van der Waals surface area contributed by atoms with Crippen LogP contribution < -0.4 is 10.2 Å². The number of aromatic nitrogens is 1. The highest BCUT2D eigenvalue weighted by Gasteiger charge is 2.20. The third-order valence-corrected chi connectivity index (χ3v) is 7.10. The molecule has 37 heavy (non-hydrogen) atoms. The minimum Gasteiger partial charge on any atom is -0.459 e. The molecule has 0 radical (unpaired) electrons. The number of fused-ring (bicyclic) bond motifs is 7. The molecule has 4 heterocycles. The van der Waals surface area contributed by atoms with Crippen molar-refractivity contribution in [3.63, 3.8) is 0 Å². The molecule has 0 bridgehead atoms. The highest BCUT2D eigenvalue weighted by atomic mass is 16.3. The van der Waals surface area contributed by atoms with E-state index in [-0.39, 0.29) is 0 Å². The molecule has 0 saturated carbocycles. The lowest BCUT2D eigenvalue weighted by Crippen LogP contribution is -2.11. The van der Waals surface area contributed by atoms with Gasteiger partial charge in [-0.2, -0.15) is 0 Å². The lowest BCUT2D eigenvalue weighted by Gasteiger charge is -2.25. The molecule has 0 fully saturated rings. The van der Waals surface area contributed by atoms with Crippen molar-refractivity contribution in [1.82, 2.24) is 10.3 Å². The Morgan fingerprint density at radius 2 is 1.46 bits per heavy atom. The van der Waals surface area contributed by atoms with Gasteiger partial charge in [-0.3, -0.25) is 4.90 Å². The van der Waals surface area contributed by atoms with Crippen molar-refractivity contribution in [2.75, 3.05) is 4.90 Å². The number of furan rings is 2. The van der Waals surface area contributed by atoms with E-state index in [0.717, 1.165) is 61.6 Å². The Labute approximate surface area is 212 Å². The van der Waals surface area contributed by atoms with Crippen molar-refractivity contribution >= 4 is 67.1 Å². The van der Waals surface area contributed by atoms with E-state index in [4.69, 9.17) is 13.8 Å². The first-order valence-electron chi connectivity index (χ1n) is 12.3. The number of pyridine rings is 1. The first-order valence-corrected chi connectivity index (χ1v) is 12.3. The van der Waals surface area contributed by atoms with Gasteiger partial charge in [0.1, 0.15) is 28.3 Å². The molecular weight excluding hydrogens is 458 g/mol. The summed E-state index contributed by atoms with van der Waals surface area (Å²) in [5, 5.41) is 7.71. The second-order valence-corrected chi connectivity index (χ2v) is 9.31. The molecule has 5 heteroatoms. The Morgan fingerprint density at radius 1 is 0.676 bits per heavy atom. The number of nitrogens with one attached hydrogen (secondary N) is 1. The minimum atomic E-state index is 0.690. The van der Waals surface area contributed by atoms with Crippen LogP contribution in [0.3, 0.4) is 0 Å². The monoisotopic (exact) mass is 479 g/mol. The maximum absolute atomic E-state index is 6.13. The topological polar surface area (TPSA) is 54.4 Å². The SMILES string of the molecule is C1=Cc2c(oc3ccc(N(c4ccc5ccccc5c4)c4ccc5oc6ccccc6c5n4)cc23)CN1. The third kappa shape index (κ3) is 3.14. The van der Waals surface area contributed by atoms with Crippen LogP contribution in [0.5, 0.6) is 0 Å². The van der Waals surface area contributed by atoms with Crippen molar-refractivity contribution in [2.24, 2.45) is 0 Å². The number of rotatable bonds is 3. The van der Waals surface area contributed by atoms with Gasteiger partial charge in [-0.05, 0) is 77.6 Å². The van der Waals surface area contributed by atoms with Crippen LogP contribution in [0.15, 0.2) is 112 Å². The number of anilines is 3. The van der Waals surface area contributed by atoms with Gasteiger partial charge in [0.15, 0.2) is 5.58 Å². The molecule has 0 atom stereocenters. The highest BCUT2D eigenvalue weighted by Crippen LogP contribution is 2.40. The standard InChI is InChI=1S/C32H21N3O2/c1-2-6-21-17-22(10-9-20(21)5-1)35(23-11-12-28-26(18-23)24-15-16-33-19-30(24)37-28)31-14-13-29-32(34-31)25-7-3-4-8-27(25)36-29/h1-18,33H,19H2. The van der Waals surface area contributed by atoms with Gasteiger partial charge in [0, 0.05) is 27.7 Å². The molecule has 0 spiro atoms. The second kappa shape index (κ2) is 7.73. The summed E-state index contributed by atoms with van der Waals surface area (Å²) in [7, 11) is 0. The summed E-state index contributed by atoms with van der Waals surface area (Å²) in [6, 6.07) is 33.4. The zero-order valence-corrected chi connectivity index (χ0v) is 19.8. The Balaban J connectivity index is 1.38. The zero-order valence-electron chi connectivity index (χ0n) is 19.8. The maximum Gasteiger partial charge on any atom is 0.154 e. The van der Waals surface area contributed by atoms with Gasteiger partial charge < -0.3 is 14.2 Å². The molecule has 0 aliphatic carbocycles. The van der Waals surface area contributed by atoms with Crippen molar-refractivity contribution in [2.45, 2.75) is 6.54 Å². The van der Waals surface area contributed by atoms with Gasteiger partial charge >= 0.3 is 0 Å². The van der Waals surface area contributed by atoms with E-state index in [9.17, 15) is 0 Å². The minimum absolute atomic E-state index is 0.690. The van der Waals surface area contributed by atoms with E-state index >= 15 is 0 Å². The predicted octanol–water partition coefficient (Wildman–Crippen LogP) is 8.42. The van der Waals surface area contributed by atoms with Crippen LogP contribution in [-0.2, 0) is 6.54 Å². The molecular formula is C32H21N3O2. The molecule has 5 nitrogen and oxygen atoms in total. The number of para-hydroxylation sites is 1. The average molecular weight is 480 g/mol. The Morgan fingerprint density at radius 3 is 2.43 bits per heavy atom. The van der Waals surface area contributed by atoms with Crippen molar-refractivity contribution in [1.29, 1.82) is 0 Å². The fourth-order valence-corrected chi connectivity index (χ4v) is 5.34. The Bertz CT molecular complexity index is 2010. The van der Waals surface area contributed by atoms with Crippen molar-refractivity contribution < 1.29 is 8.83 Å². The summed E-state index contributed by atoms with van der Waals surface area (Å²) in [5.74, 6) is 1.78. The van der Waals surface area contributed by atoms with Crippen LogP contribution in [0.1, 0.15) is 11.3 Å². The molecule has 3 aromatic heterocycles. The van der Waals surface area contributed by atoms with Gasteiger partial charge in [0.25, 0.3) is 0 Å². The first kappa shape index (κ1) is 20.2. The van der Waals surface area contributed by atoms with Crippen LogP contribution >= 0.6 is 0 Å². The van der Waals surface area contributed by atoms with Crippen LogP contribution in [-0.4, -0.2) is 4.98 Å². The fraction of sp³-hybridized carbons (Fsp3) is 0.0312. The van der Waals surface area contributed by atoms with Gasteiger partial charge in [0.2, 0.25) is 0 Å². The number of nitrogens with zero attached hydrogens (tertiary/aromatic N) is 2. The second-order valence-electron chi connectivity index (χ2n) is 9.31. The average Bonchev–Trinajstić information content (AvgIpc) is 3.51. The summed E-state index contributed by atoms with van der Waals surface area (Å²) >= 11 is 0. The largest absolute Gasteiger partial charge is 0.459 e. The maximum atomic E-state index is 6.13. The van der Waals surface area contributed by atoms with E-state index in [1.54, 1.807) is 0 Å². The Hall–Kier alpha value is -5.03. The van der Waals surface area contributed by atoms with Crippen LogP contribution in [0.2, 0.25) is 0 Å². The number of hydrogen-bond acceptors (Lipinski definition) is 5. The molecule has 0 saturated heterocycles. The van der Waals surface area contributed by atoms with Crippen molar-refractivity contribution in [3.05, 3.63) is 115 Å². The van der Waals surface area contributed by atoms with Crippen molar-refractivity contribution in [3.8, 4) is 0 Å². The molecule has 4 aromatic carbocycles. The summed E-state index contributed by atoms with van der Waals surface area (Å²) < 4.78 is 12.2. The van der Waals surface area contributed by atoms with Crippen LogP contribution in [0.4, 0.5) is 17.2 Å². The third-order valence-electron chi connectivity index (χ3n) is 7.10. The molecule has 0 unspecified atom stereocenters. The van der Waals surface area contributed by atoms with E-state index in [2.05, 4.69) is 83.0 Å². The molecule has 0 amide bonds. The molecule has 1 aliphatic rings. The number of hydrogen-bond donors (Lipinski definition) is 1. The first-order chi connectivity index (χ1) is 18.3. The lowest BCUT2D eigenvalue weighted by molar-refractivity contribution is 0.532. The molecule has 1 N–H and O–H groups in total. The van der Waals surface area contributed by atoms with Crippen LogP contribution in [0.25, 0.3) is 49.9 Å². The van der Waals surface area contributed by atoms with Gasteiger partial charge in [-0.15, -0.1) is 0 Å². The van der Waals surface area contributed by atoms with Crippen LogP contribution in [0, 0.1) is 0 Å². The fourth-order valence-electron chi connectivity index (χ4n) is 5.34. The summed E-state index contributed by atoms with van der Waals surface area (Å²) in [4.78, 5) is 7.34. The summed E-state index contributed by atoms with van der Waals surface area (Å²) in [5.41, 5.74) is 6.52. The quantitative estimate of drug-likeness (QED) is 0.276.